The van der Waals surface area contributed by atoms with E-state index >= 15 is 0 Å². The van der Waals surface area contributed by atoms with Gasteiger partial charge in [0.2, 0.25) is 5.91 Å². The summed E-state index contributed by atoms with van der Waals surface area (Å²) in [5.41, 5.74) is 5.33. The van der Waals surface area contributed by atoms with Crippen molar-refractivity contribution >= 4 is 23.2 Å². The molecular weight excluding hydrogens is 243 g/mol. The number of nitrogens with one attached hydrogen (secondary N) is 1. The molecule has 0 unspecified atom stereocenters. The number of amides is 1. The first-order chi connectivity index (χ1) is 7.73. The minimum atomic E-state index is -0.738. The fourth-order valence-corrected chi connectivity index (χ4v) is 1.42. The molecular formula is C12H16ClFN2O. The molecule has 0 aliphatic heterocycles. The second kappa shape index (κ2) is 5.02. The maximum atomic E-state index is 13.4. The van der Waals surface area contributed by atoms with Gasteiger partial charge in [-0.15, -0.1) is 0 Å². The van der Waals surface area contributed by atoms with Crippen molar-refractivity contribution in [3.8, 4) is 0 Å². The Morgan fingerprint density at radius 3 is 2.53 bits per heavy atom. The quantitative estimate of drug-likeness (QED) is 0.857. The number of benzene rings is 1. The zero-order valence-corrected chi connectivity index (χ0v) is 10.8. The Balaban J connectivity index is 2.89. The second-order valence-electron chi connectivity index (χ2n) is 4.93. The van der Waals surface area contributed by atoms with E-state index in [0.717, 1.165) is 0 Å². The van der Waals surface area contributed by atoms with E-state index in [9.17, 15) is 9.18 Å². The Hall–Kier alpha value is -1.13. The van der Waals surface area contributed by atoms with Crippen LogP contribution in [-0.2, 0) is 4.79 Å². The average Bonchev–Trinajstić information content (AvgIpc) is 2.21. The summed E-state index contributed by atoms with van der Waals surface area (Å²) in [7, 11) is 0. The lowest BCUT2D eigenvalue weighted by atomic mass is 9.87. The van der Waals surface area contributed by atoms with Gasteiger partial charge in [-0.25, -0.2) is 4.39 Å². The van der Waals surface area contributed by atoms with Crippen LogP contribution in [0.25, 0.3) is 0 Å². The average molecular weight is 259 g/mol. The molecule has 0 saturated heterocycles. The van der Waals surface area contributed by atoms with Gasteiger partial charge in [-0.3, -0.25) is 4.79 Å². The number of anilines is 1. The lowest BCUT2D eigenvalue weighted by molar-refractivity contribution is -0.119. The highest BCUT2D eigenvalue weighted by Crippen LogP contribution is 2.26. The number of para-hydroxylation sites is 1. The molecule has 1 atom stereocenters. The smallest absolute Gasteiger partial charge is 0.241 e. The normalized spacial score (nSPS) is 13.3. The summed E-state index contributed by atoms with van der Waals surface area (Å²) >= 11 is 5.80. The van der Waals surface area contributed by atoms with Gasteiger partial charge >= 0.3 is 0 Å². The molecule has 5 heteroatoms. The predicted molar refractivity (Wildman–Crippen MR) is 67.5 cm³/mol. The van der Waals surface area contributed by atoms with E-state index in [1.165, 1.54) is 18.2 Å². The minimum absolute atomic E-state index is 0.0288. The van der Waals surface area contributed by atoms with E-state index in [0.29, 0.717) is 0 Å². The highest BCUT2D eigenvalue weighted by Gasteiger charge is 2.28. The van der Waals surface area contributed by atoms with Crippen LogP contribution >= 0.6 is 11.6 Å². The molecule has 0 radical (unpaired) electrons. The number of nitrogens with two attached hydrogens (primary N) is 1. The standard InChI is InChI=1S/C12H16ClFN2O/c1-12(2,3)10(15)11(17)16-9-7(13)5-4-6-8(9)14/h4-6,10H,15H2,1-3H3,(H,16,17)/t10-/m1/s1. The molecule has 0 aliphatic carbocycles. The molecule has 1 aromatic rings. The lowest BCUT2D eigenvalue weighted by Gasteiger charge is -2.26. The third-order valence-corrected chi connectivity index (χ3v) is 2.74. The molecule has 0 aromatic heterocycles. The molecule has 0 fully saturated rings. The van der Waals surface area contributed by atoms with Gasteiger partial charge in [0, 0.05) is 0 Å². The first-order valence-electron chi connectivity index (χ1n) is 5.24. The fourth-order valence-electron chi connectivity index (χ4n) is 1.21. The van der Waals surface area contributed by atoms with Gasteiger partial charge in [-0.2, -0.15) is 0 Å². The van der Waals surface area contributed by atoms with Crippen molar-refractivity contribution in [3.05, 3.63) is 29.0 Å². The second-order valence-corrected chi connectivity index (χ2v) is 5.34. The summed E-state index contributed by atoms with van der Waals surface area (Å²) < 4.78 is 13.4. The molecule has 3 N–H and O–H groups in total. The van der Waals surface area contributed by atoms with Gasteiger partial charge in [-0.1, -0.05) is 38.4 Å². The van der Waals surface area contributed by atoms with Crippen LogP contribution in [0.15, 0.2) is 18.2 Å². The van der Waals surface area contributed by atoms with E-state index in [2.05, 4.69) is 5.32 Å². The Morgan fingerprint density at radius 1 is 1.47 bits per heavy atom. The van der Waals surface area contributed by atoms with Gasteiger partial charge < -0.3 is 11.1 Å². The van der Waals surface area contributed by atoms with Crippen LogP contribution in [0, 0.1) is 11.2 Å². The van der Waals surface area contributed by atoms with E-state index in [4.69, 9.17) is 17.3 Å². The Kier molecular flexibility index (Phi) is 4.11. The summed E-state index contributed by atoms with van der Waals surface area (Å²) in [5, 5.41) is 2.57. The summed E-state index contributed by atoms with van der Waals surface area (Å²) in [4.78, 5) is 11.8. The number of carbonyl (C=O) groups is 1. The number of hydrogen-bond acceptors (Lipinski definition) is 2. The van der Waals surface area contributed by atoms with Crippen molar-refractivity contribution in [2.45, 2.75) is 26.8 Å². The van der Waals surface area contributed by atoms with Crippen LogP contribution in [0.3, 0.4) is 0 Å². The van der Waals surface area contributed by atoms with Gasteiger partial charge in [0.1, 0.15) is 5.82 Å². The zero-order valence-electron chi connectivity index (χ0n) is 10.1. The molecule has 94 valence electrons. The number of halogens is 2. The third kappa shape index (κ3) is 3.41. The third-order valence-electron chi connectivity index (χ3n) is 2.43. The van der Waals surface area contributed by atoms with E-state index < -0.39 is 23.2 Å². The van der Waals surface area contributed by atoms with Crippen molar-refractivity contribution in [1.82, 2.24) is 0 Å². The Bertz CT molecular complexity index is 409. The van der Waals surface area contributed by atoms with Crippen molar-refractivity contribution in [2.24, 2.45) is 11.1 Å². The Morgan fingerprint density at radius 2 is 2.06 bits per heavy atom. The van der Waals surface area contributed by atoms with Crippen LogP contribution in [0.4, 0.5) is 10.1 Å². The van der Waals surface area contributed by atoms with E-state index in [-0.39, 0.29) is 10.7 Å². The molecule has 3 nitrogen and oxygen atoms in total. The topological polar surface area (TPSA) is 55.1 Å². The molecule has 17 heavy (non-hydrogen) atoms. The fraction of sp³-hybridized carbons (Fsp3) is 0.417. The molecule has 0 spiro atoms. The van der Waals surface area contributed by atoms with Gasteiger partial charge in [-0.05, 0) is 17.5 Å². The SMILES string of the molecule is CC(C)(C)[C@H](N)C(=O)Nc1c(F)cccc1Cl. The van der Waals surface area contributed by atoms with E-state index in [1.807, 2.05) is 20.8 Å². The van der Waals surface area contributed by atoms with Gasteiger partial charge in [0.25, 0.3) is 0 Å². The molecule has 1 aromatic carbocycles. The highest BCUT2D eigenvalue weighted by molar-refractivity contribution is 6.33. The number of hydrogen-bond donors (Lipinski definition) is 2. The molecule has 0 bridgehead atoms. The predicted octanol–water partition coefficient (Wildman–Crippen LogP) is 2.79. The van der Waals surface area contributed by atoms with Crippen LogP contribution in [0.2, 0.25) is 5.02 Å². The number of rotatable bonds is 2. The first kappa shape index (κ1) is 13.9. The van der Waals surface area contributed by atoms with Crippen LogP contribution < -0.4 is 11.1 Å². The van der Waals surface area contributed by atoms with Crippen LogP contribution in [0.5, 0.6) is 0 Å². The van der Waals surface area contributed by atoms with Gasteiger partial charge in [0.15, 0.2) is 0 Å². The van der Waals surface area contributed by atoms with Crippen molar-refractivity contribution in [3.63, 3.8) is 0 Å². The first-order valence-corrected chi connectivity index (χ1v) is 5.61. The zero-order chi connectivity index (χ0) is 13.2. The van der Waals surface area contributed by atoms with Gasteiger partial charge in [0.05, 0.1) is 16.8 Å². The maximum absolute atomic E-state index is 13.4. The van der Waals surface area contributed by atoms with Crippen molar-refractivity contribution in [2.75, 3.05) is 5.32 Å². The van der Waals surface area contributed by atoms with Crippen molar-refractivity contribution < 1.29 is 9.18 Å². The largest absolute Gasteiger partial charge is 0.321 e. The monoisotopic (exact) mass is 258 g/mol. The Labute approximate surface area is 105 Å². The molecule has 0 aliphatic rings. The maximum Gasteiger partial charge on any atom is 0.241 e. The lowest BCUT2D eigenvalue weighted by Crippen LogP contribution is -2.45. The molecule has 0 saturated carbocycles. The minimum Gasteiger partial charge on any atom is -0.321 e. The van der Waals surface area contributed by atoms with Crippen LogP contribution in [-0.4, -0.2) is 11.9 Å². The molecule has 1 amide bonds. The summed E-state index contributed by atoms with van der Waals surface area (Å²) in [5.74, 6) is -1.03. The highest BCUT2D eigenvalue weighted by atomic mass is 35.5. The molecule has 0 heterocycles. The summed E-state index contributed by atoms with van der Waals surface area (Å²) in [6.07, 6.45) is 0. The summed E-state index contributed by atoms with van der Waals surface area (Å²) in [6, 6.07) is 3.46. The van der Waals surface area contributed by atoms with E-state index in [1.54, 1.807) is 0 Å². The molecule has 1 rings (SSSR count). The van der Waals surface area contributed by atoms with Crippen molar-refractivity contribution in [1.29, 1.82) is 0 Å². The number of carbonyl (C=O) groups excluding carboxylic acids is 1. The van der Waals surface area contributed by atoms with Crippen LogP contribution in [0.1, 0.15) is 20.8 Å². The summed E-state index contributed by atoms with van der Waals surface area (Å²) in [6.45, 7) is 5.50.